The lowest BCUT2D eigenvalue weighted by Crippen LogP contribution is -2.26. The van der Waals surface area contributed by atoms with Crippen molar-refractivity contribution in [3.8, 4) is 0 Å². The summed E-state index contributed by atoms with van der Waals surface area (Å²) in [6.07, 6.45) is 3.10. The normalized spacial score (nSPS) is 14.3. The maximum atomic E-state index is 12.4. The molecule has 24 heavy (non-hydrogen) atoms. The summed E-state index contributed by atoms with van der Waals surface area (Å²) in [6.45, 7) is 4.78. The van der Waals surface area contributed by atoms with Crippen molar-refractivity contribution in [3.63, 3.8) is 0 Å². The summed E-state index contributed by atoms with van der Waals surface area (Å²) in [4.78, 5) is 30.2. The number of aryl methyl sites for hydroxylation is 2. The van der Waals surface area contributed by atoms with Gasteiger partial charge in [-0.25, -0.2) is 4.98 Å². The quantitative estimate of drug-likeness (QED) is 0.922. The summed E-state index contributed by atoms with van der Waals surface area (Å²) in [5.41, 5.74) is 3.07. The van der Waals surface area contributed by atoms with Crippen molar-refractivity contribution in [1.29, 1.82) is 0 Å². The lowest BCUT2D eigenvalue weighted by Gasteiger charge is -2.15. The molecule has 0 spiro atoms. The van der Waals surface area contributed by atoms with E-state index in [2.05, 4.69) is 15.4 Å². The van der Waals surface area contributed by atoms with Gasteiger partial charge in [-0.05, 0) is 38.0 Å². The van der Waals surface area contributed by atoms with Crippen LogP contribution in [0.5, 0.6) is 0 Å². The Labute approximate surface area is 140 Å². The van der Waals surface area contributed by atoms with Gasteiger partial charge in [0.15, 0.2) is 0 Å². The second-order valence-electron chi connectivity index (χ2n) is 6.02. The monoisotopic (exact) mass is 327 g/mol. The number of hydrogen-bond donors (Lipinski definition) is 1. The van der Waals surface area contributed by atoms with E-state index >= 15 is 0 Å². The molecular formula is C17H21N5O2. The minimum absolute atomic E-state index is 0.102. The number of rotatable bonds is 4. The molecule has 0 aromatic carbocycles. The molecule has 0 saturated carbocycles. The first kappa shape index (κ1) is 16.2. The highest BCUT2D eigenvalue weighted by atomic mass is 16.2. The fourth-order valence-electron chi connectivity index (χ4n) is 2.98. The fourth-order valence-corrected chi connectivity index (χ4v) is 2.98. The van der Waals surface area contributed by atoms with Gasteiger partial charge in [0.05, 0.1) is 11.3 Å². The molecule has 0 bridgehead atoms. The number of nitrogens with one attached hydrogen (secondary N) is 1. The molecule has 7 nitrogen and oxygen atoms in total. The van der Waals surface area contributed by atoms with Gasteiger partial charge in [0, 0.05) is 38.4 Å². The second-order valence-corrected chi connectivity index (χ2v) is 6.02. The van der Waals surface area contributed by atoms with E-state index in [0.29, 0.717) is 36.6 Å². The van der Waals surface area contributed by atoms with Gasteiger partial charge in [0.25, 0.3) is 5.91 Å². The molecule has 0 aliphatic carbocycles. The van der Waals surface area contributed by atoms with E-state index in [4.69, 9.17) is 0 Å². The van der Waals surface area contributed by atoms with Gasteiger partial charge >= 0.3 is 0 Å². The van der Waals surface area contributed by atoms with Crippen molar-refractivity contribution in [2.75, 3.05) is 11.4 Å². The van der Waals surface area contributed by atoms with Crippen molar-refractivity contribution in [3.05, 3.63) is 40.8 Å². The molecule has 1 N–H and O–H groups in total. The predicted molar refractivity (Wildman–Crippen MR) is 89.7 cm³/mol. The number of carbonyl (C=O) groups is 2. The molecule has 3 rings (SSSR count). The lowest BCUT2D eigenvalue weighted by atomic mass is 10.1. The van der Waals surface area contributed by atoms with Crippen LogP contribution in [0, 0.1) is 13.8 Å². The molecule has 2 aromatic rings. The molecule has 7 heteroatoms. The largest absolute Gasteiger partial charge is 0.348 e. The van der Waals surface area contributed by atoms with Crippen LogP contribution >= 0.6 is 0 Å². The van der Waals surface area contributed by atoms with Crippen LogP contribution in [0.25, 0.3) is 0 Å². The Hall–Kier alpha value is -2.70. The van der Waals surface area contributed by atoms with Crippen molar-refractivity contribution >= 4 is 17.6 Å². The zero-order chi connectivity index (χ0) is 17.3. The van der Waals surface area contributed by atoms with Gasteiger partial charge < -0.3 is 5.32 Å². The van der Waals surface area contributed by atoms with Crippen LogP contribution in [-0.2, 0) is 18.4 Å². The van der Waals surface area contributed by atoms with E-state index < -0.39 is 0 Å². The topological polar surface area (TPSA) is 80.1 Å². The summed E-state index contributed by atoms with van der Waals surface area (Å²) < 4.78 is 1.70. The Morgan fingerprint density at radius 2 is 2.17 bits per heavy atom. The standard InChI is InChI=1S/C17H21N5O2/c1-11-16(12(2)21(3)20-11)17(24)19-10-13-6-7-18-14(9-13)22-8-4-5-15(22)23/h6-7,9H,4-5,8,10H2,1-3H3,(H,19,24). The highest BCUT2D eigenvalue weighted by Crippen LogP contribution is 2.20. The molecule has 0 unspecified atom stereocenters. The minimum Gasteiger partial charge on any atom is -0.348 e. The van der Waals surface area contributed by atoms with Crippen molar-refractivity contribution in [2.24, 2.45) is 7.05 Å². The number of nitrogens with zero attached hydrogens (tertiary/aromatic N) is 4. The smallest absolute Gasteiger partial charge is 0.255 e. The Bertz CT molecular complexity index is 796. The Kier molecular flexibility index (Phi) is 4.33. The predicted octanol–water partition coefficient (Wildman–Crippen LogP) is 1.49. The molecule has 0 atom stereocenters. The third-order valence-corrected chi connectivity index (χ3v) is 4.35. The van der Waals surface area contributed by atoms with Crippen molar-refractivity contribution in [2.45, 2.75) is 33.2 Å². The highest BCUT2D eigenvalue weighted by Gasteiger charge is 2.23. The van der Waals surface area contributed by atoms with E-state index in [1.54, 1.807) is 15.8 Å². The summed E-state index contributed by atoms with van der Waals surface area (Å²) in [7, 11) is 1.82. The van der Waals surface area contributed by atoms with Gasteiger partial charge in [-0.3, -0.25) is 19.2 Å². The molecule has 1 aliphatic heterocycles. The van der Waals surface area contributed by atoms with Crippen LogP contribution in [0.1, 0.15) is 40.2 Å². The van der Waals surface area contributed by atoms with Crippen LogP contribution < -0.4 is 10.2 Å². The Balaban J connectivity index is 1.70. The van der Waals surface area contributed by atoms with Crippen LogP contribution in [0.4, 0.5) is 5.82 Å². The van der Waals surface area contributed by atoms with Gasteiger partial charge in [0.2, 0.25) is 5.91 Å². The second kappa shape index (κ2) is 6.43. The van der Waals surface area contributed by atoms with E-state index in [1.807, 2.05) is 33.0 Å². The maximum Gasteiger partial charge on any atom is 0.255 e. The van der Waals surface area contributed by atoms with Crippen molar-refractivity contribution < 1.29 is 9.59 Å². The number of carbonyl (C=O) groups excluding carboxylic acids is 2. The van der Waals surface area contributed by atoms with Gasteiger partial charge in [-0.2, -0.15) is 5.10 Å². The van der Waals surface area contributed by atoms with E-state index in [1.165, 1.54) is 0 Å². The molecule has 126 valence electrons. The molecule has 1 fully saturated rings. The third-order valence-electron chi connectivity index (χ3n) is 4.35. The van der Waals surface area contributed by atoms with Crippen LogP contribution in [0.15, 0.2) is 18.3 Å². The van der Waals surface area contributed by atoms with E-state index in [-0.39, 0.29) is 11.8 Å². The average Bonchev–Trinajstić information content (AvgIpc) is 3.09. The number of anilines is 1. The lowest BCUT2D eigenvalue weighted by molar-refractivity contribution is -0.117. The van der Waals surface area contributed by atoms with Crippen LogP contribution in [0.3, 0.4) is 0 Å². The highest BCUT2D eigenvalue weighted by molar-refractivity contribution is 5.96. The Morgan fingerprint density at radius 3 is 2.79 bits per heavy atom. The zero-order valence-corrected chi connectivity index (χ0v) is 14.2. The number of amides is 2. The molecule has 3 heterocycles. The van der Waals surface area contributed by atoms with Crippen LogP contribution in [0.2, 0.25) is 0 Å². The summed E-state index contributed by atoms with van der Waals surface area (Å²) in [5.74, 6) is 0.608. The van der Waals surface area contributed by atoms with Crippen molar-refractivity contribution in [1.82, 2.24) is 20.1 Å². The molecule has 1 saturated heterocycles. The third kappa shape index (κ3) is 3.02. The fraction of sp³-hybridized carbons (Fsp3) is 0.412. The molecule has 1 aliphatic rings. The van der Waals surface area contributed by atoms with Gasteiger partial charge in [0.1, 0.15) is 5.82 Å². The first-order valence-corrected chi connectivity index (χ1v) is 8.01. The minimum atomic E-state index is -0.145. The Morgan fingerprint density at radius 1 is 1.38 bits per heavy atom. The summed E-state index contributed by atoms with van der Waals surface area (Å²) in [6, 6.07) is 3.69. The zero-order valence-electron chi connectivity index (χ0n) is 14.2. The molecular weight excluding hydrogens is 306 g/mol. The molecule has 2 amide bonds. The maximum absolute atomic E-state index is 12.4. The van der Waals surface area contributed by atoms with E-state index in [9.17, 15) is 9.59 Å². The first-order valence-electron chi connectivity index (χ1n) is 8.01. The number of aromatic nitrogens is 3. The SMILES string of the molecule is Cc1nn(C)c(C)c1C(=O)NCc1ccnc(N2CCCC2=O)c1. The van der Waals surface area contributed by atoms with Crippen LogP contribution in [-0.4, -0.2) is 33.1 Å². The summed E-state index contributed by atoms with van der Waals surface area (Å²) in [5, 5.41) is 7.18. The summed E-state index contributed by atoms with van der Waals surface area (Å²) >= 11 is 0. The number of pyridine rings is 1. The van der Waals surface area contributed by atoms with Gasteiger partial charge in [-0.15, -0.1) is 0 Å². The first-order chi connectivity index (χ1) is 11.5. The van der Waals surface area contributed by atoms with E-state index in [0.717, 1.165) is 17.7 Å². The molecule has 0 radical (unpaired) electrons. The average molecular weight is 327 g/mol. The van der Waals surface area contributed by atoms with Gasteiger partial charge in [-0.1, -0.05) is 0 Å². The molecule has 2 aromatic heterocycles. The number of hydrogen-bond acceptors (Lipinski definition) is 4.